The fraction of sp³-hybridized carbons (Fsp3) is 1.00. The molecule has 0 aromatic rings. The number of nitrogens with two attached hydrogens (primary N) is 1. The highest BCUT2D eigenvalue weighted by molar-refractivity contribution is 7.85. The maximum Gasteiger partial charge on any atom is 0.460 e. The zero-order chi connectivity index (χ0) is 20.9. The molecule has 0 aliphatic rings. The van der Waals surface area contributed by atoms with Crippen LogP contribution < -0.4 is 5.73 Å². The normalized spacial score (nSPS) is 18.9. The van der Waals surface area contributed by atoms with E-state index in [0.717, 1.165) is 0 Å². The Labute approximate surface area is 134 Å². The van der Waals surface area contributed by atoms with Crippen molar-refractivity contribution in [3.05, 3.63) is 0 Å². The SMILES string of the molecule is NC(C(O)CS(=O)(=O)O)([SH](=O)=O)C(F)(F)C(F)(F)C(F)(F)C(F)(F)F. The van der Waals surface area contributed by atoms with Gasteiger partial charge in [-0.3, -0.25) is 4.55 Å². The van der Waals surface area contributed by atoms with Gasteiger partial charge < -0.3 is 10.8 Å². The molecule has 0 aromatic heterocycles. The zero-order valence-corrected chi connectivity index (χ0v) is 12.9. The van der Waals surface area contributed by atoms with Crippen molar-refractivity contribution >= 4 is 20.8 Å². The molecule has 0 amide bonds. The molecule has 2 atom stereocenters. The van der Waals surface area contributed by atoms with Crippen LogP contribution in [-0.4, -0.2) is 67.2 Å². The Kier molecular flexibility index (Phi) is 6.18. The summed E-state index contributed by atoms with van der Waals surface area (Å²) in [6, 6.07) is 0. The van der Waals surface area contributed by atoms with E-state index in [9.17, 15) is 56.3 Å². The van der Waals surface area contributed by atoms with Gasteiger partial charge in [-0.2, -0.15) is 47.9 Å². The molecule has 0 rings (SSSR count). The van der Waals surface area contributed by atoms with Crippen molar-refractivity contribution in [3.8, 4) is 0 Å². The van der Waals surface area contributed by atoms with Gasteiger partial charge in [-0.05, 0) is 0 Å². The first-order valence-electron chi connectivity index (χ1n) is 5.34. The Morgan fingerprint density at radius 3 is 1.48 bits per heavy atom. The number of aliphatic hydroxyl groups excluding tert-OH is 1. The molecule has 7 nitrogen and oxygen atoms in total. The lowest BCUT2D eigenvalue weighted by Crippen LogP contribution is -2.76. The predicted octanol–water partition coefficient (Wildman–Crippen LogP) is -0.0303. The highest BCUT2D eigenvalue weighted by Crippen LogP contribution is 2.56. The van der Waals surface area contributed by atoms with Crippen molar-refractivity contribution in [1.82, 2.24) is 0 Å². The summed E-state index contributed by atoms with van der Waals surface area (Å²) >= 11 is 0. The zero-order valence-electron chi connectivity index (χ0n) is 11.1. The van der Waals surface area contributed by atoms with E-state index in [1.54, 1.807) is 0 Å². The third-order valence-electron chi connectivity index (χ3n) is 2.83. The number of halogens is 9. The van der Waals surface area contributed by atoms with Crippen LogP contribution in [-0.2, 0) is 20.8 Å². The quantitative estimate of drug-likeness (QED) is 0.250. The molecule has 0 aliphatic heterocycles. The van der Waals surface area contributed by atoms with E-state index in [1.165, 1.54) is 0 Å². The van der Waals surface area contributed by atoms with Crippen LogP contribution in [0.2, 0.25) is 0 Å². The van der Waals surface area contributed by atoms with E-state index < -0.39 is 61.5 Å². The Balaban J connectivity index is 6.56. The van der Waals surface area contributed by atoms with E-state index in [1.807, 2.05) is 0 Å². The summed E-state index contributed by atoms with van der Waals surface area (Å²) < 4.78 is 166. The lowest BCUT2D eigenvalue weighted by Gasteiger charge is -2.41. The molecule has 4 N–H and O–H groups in total. The van der Waals surface area contributed by atoms with Gasteiger partial charge in [0.25, 0.3) is 10.1 Å². The second-order valence-corrected chi connectivity index (χ2v) is 7.32. The topological polar surface area (TPSA) is 135 Å². The largest absolute Gasteiger partial charge is 0.460 e. The number of rotatable bonds is 7. The van der Waals surface area contributed by atoms with Crippen molar-refractivity contribution < 1.29 is 66.0 Å². The number of hydrogen-bond donors (Lipinski definition) is 4. The van der Waals surface area contributed by atoms with Crippen molar-refractivity contribution in [3.63, 3.8) is 0 Å². The fourth-order valence-electron chi connectivity index (χ4n) is 1.40. The van der Waals surface area contributed by atoms with Gasteiger partial charge in [0, 0.05) is 0 Å². The molecule has 0 fully saturated rings. The lowest BCUT2D eigenvalue weighted by molar-refractivity contribution is -0.402. The predicted molar refractivity (Wildman–Crippen MR) is 60.6 cm³/mol. The van der Waals surface area contributed by atoms with Crippen LogP contribution >= 0.6 is 0 Å². The summed E-state index contributed by atoms with van der Waals surface area (Å²) in [5.41, 5.74) is 4.24. The van der Waals surface area contributed by atoms with Crippen LogP contribution in [0, 0.1) is 0 Å². The van der Waals surface area contributed by atoms with E-state index in [0.29, 0.717) is 0 Å². The average molecular weight is 437 g/mol. The first kappa shape index (κ1) is 24.1. The van der Waals surface area contributed by atoms with E-state index in [2.05, 4.69) is 5.73 Å². The smallest absolute Gasteiger partial charge is 0.389 e. The Hall–Kier alpha value is -0.850. The Morgan fingerprint density at radius 2 is 1.24 bits per heavy atom. The van der Waals surface area contributed by atoms with Crippen molar-refractivity contribution in [1.29, 1.82) is 0 Å². The molecule has 0 radical (unpaired) electrons. The first-order valence-corrected chi connectivity index (χ1v) is 8.12. The first-order chi connectivity index (χ1) is 10.6. The van der Waals surface area contributed by atoms with Crippen LogP contribution in [0.3, 0.4) is 0 Å². The van der Waals surface area contributed by atoms with Crippen LogP contribution in [0.15, 0.2) is 0 Å². The van der Waals surface area contributed by atoms with E-state index in [4.69, 9.17) is 9.66 Å². The molecule has 0 bridgehead atoms. The van der Waals surface area contributed by atoms with Gasteiger partial charge in [0.2, 0.25) is 4.87 Å². The number of hydrogen-bond acceptors (Lipinski definition) is 6. The molecule has 0 saturated carbocycles. The number of thiol groups is 1. The average Bonchev–Trinajstić information content (AvgIpc) is 2.32. The molecule has 18 heteroatoms. The van der Waals surface area contributed by atoms with Crippen LogP contribution in [0.25, 0.3) is 0 Å². The highest BCUT2D eigenvalue weighted by Gasteiger charge is 2.86. The lowest BCUT2D eigenvalue weighted by atomic mass is 9.94. The molecule has 0 saturated heterocycles. The van der Waals surface area contributed by atoms with Gasteiger partial charge in [-0.15, -0.1) is 0 Å². The van der Waals surface area contributed by atoms with Gasteiger partial charge in [0.05, 0.1) is 0 Å². The second kappa shape index (κ2) is 6.39. The number of alkyl halides is 9. The molecule has 0 aliphatic carbocycles. The molecule has 2 unspecified atom stereocenters. The van der Waals surface area contributed by atoms with Crippen molar-refractivity contribution in [2.75, 3.05) is 5.75 Å². The van der Waals surface area contributed by atoms with Crippen LogP contribution in [0.4, 0.5) is 39.5 Å². The molecule has 0 aromatic carbocycles. The third-order valence-corrected chi connectivity index (χ3v) is 4.75. The minimum Gasteiger partial charge on any atom is -0.389 e. The van der Waals surface area contributed by atoms with Gasteiger partial charge in [-0.1, -0.05) is 0 Å². The van der Waals surface area contributed by atoms with Gasteiger partial charge >= 0.3 is 23.9 Å². The summed E-state index contributed by atoms with van der Waals surface area (Å²) in [6.07, 6.45) is -11.2. The fourth-order valence-corrected chi connectivity index (χ4v) is 2.89. The minimum atomic E-state index is -7.54. The molecular formula is C7H8F9NO6S2. The second-order valence-electron chi connectivity index (χ2n) is 4.57. The number of aliphatic hydroxyl groups is 1. The van der Waals surface area contributed by atoms with E-state index >= 15 is 0 Å². The monoisotopic (exact) mass is 437 g/mol. The Morgan fingerprint density at radius 1 is 0.880 bits per heavy atom. The highest BCUT2D eigenvalue weighted by atomic mass is 32.2. The molecule has 152 valence electrons. The minimum absolute atomic E-state index is 2.49. The van der Waals surface area contributed by atoms with Crippen molar-refractivity contribution in [2.45, 2.75) is 34.9 Å². The Bertz CT molecular complexity index is 679. The molecular weight excluding hydrogens is 429 g/mol. The van der Waals surface area contributed by atoms with E-state index in [-0.39, 0.29) is 0 Å². The summed E-state index contributed by atoms with van der Waals surface area (Å²) in [5.74, 6) is -24.6. The van der Waals surface area contributed by atoms with Crippen molar-refractivity contribution in [2.24, 2.45) is 5.73 Å². The van der Waals surface area contributed by atoms with Gasteiger partial charge in [-0.25, -0.2) is 8.42 Å². The summed E-state index contributed by atoms with van der Waals surface area (Å²) in [4.78, 5) is -5.32. The van der Waals surface area contributed by atoms with Crippen LogP contribution in [0.1, 0.15) is 0 Å². The van der Waals surface area contributed by atoms with Gasteiger partial charge in [0.1, 0.15) is 11.9 Å². The molecule has 0 heterocycles. The maximum absolute atomic E-state index is 13.7. The summed E-state index contributed by atoms with van der Waals surface area (Å²) in [5, 5.41) is 9.05. The molecule has 0 spiro atoms. The van der Waals surface area contributed by atoms with Gasteiger partial charge in [0.15, 0.2) is 10.7 Å². The maximum atomic E-state index is 13.7. The van der Waals surface area contributed by atoms with Crippen LogP contribution in [0.5, 0.6) is 0 Å². The standard InChI is InChI=1S/C7H8F9NO6S2/c8-4(9,5(10,11)6(12,13)7(14,15)16)3(17,24(19)20)2(18)1-25(21,22)23/h2,18,24H,1,17H2,(H,21,22,23). The third kappa shape index (κ3) is 3.81. The summed E-state index contributed by atoms with van der Waals surface area (Å²) in [7, 11) is -10.9. The summed E-state index contributed by atoms with van der Waals surface area (Å²) in [6.45, 7) is 0. The molecule has 25 heavy (non-hydrogen) atoms.